The zero-order valence-corrected chi connectivity index (χ0v) is 17.9. The summed E-state index contributed by atoms with van der Waals surface area (Å²) in [5.41, 5.74) is 3.94. The summed E-state index contributed by atoms with van der Waals surface area (Å²) in [4.78, 5) is 26.5. The Kier molecular flexibility index (Phi) is 7.51. The predicted molar refractivity (Wildman–Crippen MR) is 114 cm³/mol. The number of carbonyl (C=O) groups is 2. The lowest BCUT2D eigenvalue weighted by molar-refractivity contribution is -0.149. The fourth-order valence-corrected chi connectivity index (χ4v) is 4.23. The second-order valence-electron chi connectivity index (χ2n) is 8.15. The van der Waals surface area contributed by atoms with E-state index in [2.05, 4.69) is 23.5 Å². The van der Waals surface area contributed by atoms with E-state index in [0.717, 1.165) is 18.4 Å². The van der Waals surface area contributed by atoms with E-state index in [-0.39, 0.29) is 29.4 Å². The SMILES string of the molecule is CCOC(=O)C1CCN(/C=C(/C#N)C(=O)NC(C)c2ccc3c(c2)CCCC3)CC1. The maximum atomic E-state index is 12.7. The largest absolute Gasteiger partial charge is 0.466 e. The number of fused-ring (bicyclic) bond motifs is 1. The van der Waals surface area contributed by atoms with E-state index in [1.807, 2.05) is 17.9 Å². The standard InChI is InChI=1S/C24H31N3O3/c1-3-30-24(29)19-10-12-27(13-11-19)16-22(15-25)23(28)26-17(2)20-9-8-18-6-4-5-7-21(18)14-20/h8-9,14,16-17,19H,3-7,10-13H2,1-2H3,(H,26,28)/b22-16-. The Balaban J connectivity index is 1.58. The van der Waals surface area contributed by atoms with Crippen molar-refractivity contribution in [2.45, 2.75) is 58.4 Å². The van der Waals surface area contributed by atoms with Gasteiger partial charge in [0.05, 0.1) is 18.6 Å². The number of rotatable bonds is 6. The van der Waals surface area contributed by atoms with E-state index in [0.29, 0.717) is 32.5 Å². The molecule has 0 aromatic heterocycles. The minimum absolute atomic E-state index is 0.0920. The molecule has 1 aliphatic carbocycles. The summed E-state index contributed by atoms with van der Waals surface area (Å²) in [6.45, 7) is 5.39. The van der Waals surface area contributed by atoms with Crippen LogP contribution in [0.25, 0.3) is 0 Å². The van der Waals surface area contributed by atoms with Crippen LogP contribution in [0, 0.1) is 17.2 Å². The minimum atomic E-state index is -0.366. The van der Waals surface area contributed by atoms with Gasteiger partial charge in [0.15, 0.2) is 0 Å². The molecule has 1 unspecified atom stereocenters. The van der Waals surface area contributed by atoms with Crippen molar-refractivity contribution < 1.29 is 14.3 Å². The Morgan fingerprint density at radius 2 is 1.97 bits per heavy atom. The van der Waals surface area contributed by atoms with Crippen molar-refractivity contribution in [3.63, 3.8) is 0 Å². The highest BCUT2D eigenvalue weighted by Crippen LogP contribution is 2.25. The normalized spacial score (nSPS) is 18.2. The monoisotopic (exact) mass is 409 g/mol. The van der Waals surface area contributed by atoms with Crippen LogP contribution in [0.1, 0.15) is 62.3 Å². The highest BCUT2D eigenvalue weighted by atomic mass is 16.5. The van der Waals surface area contributed by atoms with Gasteiger partial charge in [-0.15, -0.1) is 0 Å². The molecule has 1 fully saturated rings. The molecular weight excluding hydrogens is 378 g/mol. The van der Waals surface area contributed by atoms with Gasteiger partial charge >= 0.3 is 5.97 Å². The Morgan fingerprint density at radius 3 is 2.63 bits per heavy atom. The third-order valence-electron chi connectivity index (χ3n) is 6.05. The molecule has 0 saturated carbocycles. The van der Waals surface area contributed by atoms with Crippen LogP contribution in [0.5, 0.6) is 0 Å². The summed E-state index contributed by atoms with van der Waals surface area (Å²) in [6, 6.07) is 8.29. The number of esters is 1. The van der Waals surface area contributed by atoms with E-state index in [1.54, 1.807) is 13.1 Å². The van der Waals surface area contributed by atoms with Gasteiger partial charge in [-0.25, -0.2) is 0 Å². The molecule has 1 aromatic rings. The maximum Gasteiger partial charge on any atom is 0.309 e. The first-order valence-corrected chi connectivity index (χ1v) is 11.0. The van der Waals surface area contributed by atoms with Crippen molar-refractivity contribution in [3.8, 4) is 6.07 Å². The predicted octanol–water partition coefficient (Wildman–Crippen LogP) is 3.43. The number of benzene rings is 1. The van der Waals surface area contributed by atoms with Crippen LogP contribution in [0.3, 0.4) is 0 Å². The summed E-state index contributed by atoms with van der Waals surface area (Å²) >= 11 is 0. The van der Waals surface area contributed by atoms with Crippen LogP contribution >= 0.6 is 0 Å². The lowest BCUT2D eigenvalue weighted by Gasteiger charge is -2.30. The quantitative estimate of drug-likeness (QED) is 0.442. The molecule has 0 spiro atoms. The zero-order valence-electron chi connectivity index (χ0n) is 17.9. The third kappa shape index (κ3) is 5.41. The molecule has 1 heterocycles. The van der Waals surface area contributed by atoms with Gasteiger partial charge in [-0.2, -0.15) is 5.26 Å². The minimum Gasteiger partial charge on any atom is -0.466 e. The average Bonchev–Trinajstić information content (AvgIpc) is 2.77. The Hall–Kier alpha value is -2.81. The van der Waals surface area contributed by atoms with Crippen LogP contribution in [-0.4, -0.2) is 36.5 Å². The molecule has 2 aliphatic rings. The Morgan fingerprint density at radius 1 is 1.27 bits per heavy atom. The van der Waals surface area contributed by atoms with Gasteiger partial charge in [0, 0.05) is 19.3 Å². The van der Waals surface area contributed by atoms with E-state index in [4.69, 9.17) is 4.74 Å². The van der Waals surface area contributed by atoms with Gasteiger partial charge in [-0.3, -0.25) is 9.59 Å². The number of aryl methyl sites for hydroxylation is 2. The van der Waals surface area contributed by atoms with Gasteiger partial charge < -0.3 is 15.0 Å². The number of nitrogens with zero attached hydrogens (tertiary/aromatic N) is 2. The van der Waals surface area contributed by atoms with Crippen molar-refractivity contribution in [1.82, 2.24) is 10.2 Å². The van der Waals surface area contributed by atoms with Gasteiger partial charge in [0.25, 0.3) is 5.91 Å². The molecule has 3 rings (SSSR count). The number of hydrogen-bond donors (Lipinski definition) is 1. The molecule has 30 heavy (non-hydrogen) atoms. The number of likely N-dealkylation sites (tertiary alicyclic amines) is 1. The second-order valence-corrected chi connectivity index (χ2v) is 8.15. The summed E-state index contributed by atoms with van der Waals surface area (Å²) in [7, 11) is 0. The van der Waals surface area contributed by atoms with Crippen LogP contribution in [0.4, 0.5) is 0 Å². The van der Waals surface area contributed by atoms with Gasteiger partial charge in [0.1, 0.15) is 11.6 Å². The topological polar surface area (TPSA) is 82.4 Å². The summed E-state index contributed by atoms with van der Waals surface area (Å²) < 4.78 is 5.09. The van der Waals surface area contributed by atoms with Gasteiger partial charge in [0.2, 0.25) is 0 Å². The van der Waals surface area contributed by atoms with Crippen LogP contribution < -0.4 is 5.32 Å². The van der Waals surface area contributed by atoms with Crippen LogP contribution in [-0.2, 0) is 27.2 Å². The Bertz CT molecular complexity index is 848. The number of nitriles is 1. The highest BCUT2D eigenvalue weighted by Gasteiger charge is 2.26. The molecule has 1 aliphatic heterocycles. The maximum absolute atomic E-state index is 12.7. The van der Waals surface area contributed by atoms with E-state index in [1.165, 1.54) is 24.0 Å². The molecule has 0 radical (unpaired) electrons. The molecule has 1 amide bonds. The number of amides is 1. The fourth-order valence-electron chi connectivity index (χ4n) is 4.23. The first-order valence-electron chi connectivity index (χ1n) is 11.0. The van der Waals surface area contributed by atoms with Crippen molar-refractivity contribution in [2.75, 3.05) is 19.7 Å². The van der Waals surface area contributed by atoms with E-state index in [9.17, 15) is 14.9 Å². The van der Waals surface area contributed by atoms with Crippen molar-refractivity contribution in [2.24, 2.45) is 5.92 Å². The summed E-state index contributed by atoms with van der Waals surface area (Å²) in [5.74, 6) is -0.619. The first kappa shape index (κ1) is 21.9. The molecule has 6 nitrogen and oxygen atoms in total. The Labute approximate surface area is 178 Å². The van der Waals surface area contributed by atoms with Crippen LogP contribution in [0.2, 0.25) is 0 Å². The van der Waals surface area contributed by atoms with Gasteiger partial charge in [-0.1, -0.05) is 18.2 Å². The summed E-state index contributed by atoms with van der Waals surface area (Å²) in [6.07, 6.45) is 7.63. The molecule has 1 atom stereocenters. The lowest BCUT2D eigenvalue weighted by Crippen LogP contribution is -2.35. The lowest BCUT2D eigenvalue weighted by atomic mass is 9.89. The number of carbonyl (C=O) groups excluding carboxylic acids is 2. The number of nitrogens with one attached hydrogen (secondary N) is 1. The molecule has 1 saturated heterocycles. The first-order chi connectivity index (χ1) is 14.5. The molecule has 160 valence electrons. The fraction of sp³-hybridized carbons (Fsp3) is 0.542. The number of hydrogen-bond acceptors (Lipinski definition) is 5. The average molecular weight is 410 g/mol. The van der Waals surface area contributed by atoms with Crippen molar-refractivity contribution in [3.05, 3.63) is 46.7 Å². The van der Waals surface area contributed by atoms with Crippen molar-refractivity contribution >= 4 is 11.9 Å². The molecule has 1 aromatic carbocycles. The molecule has 0 bridgehead atoms. The molecule has 6 heteroatoms. The molecule has 1 N–H and O–H groups in total. The third-order valence-corrected chi connectivity index (χ3v) is 6.05. The van der Waals surface area contributed by atoms with E-state index >= 15 is 0 Å². The molecular formula is C24H31N3O3. The number of ether oxygens (including phenoxy) is 1. The zero-order chi connectivity index (χ0) is 21.5. The van der Waals surface area contributed by atoms with Crippen molar-refractivity contribution in [1.29, 1.82) is 5.26 Å². The van der Waals surface area contributed by atoms with Gasteiger partial charge in [-0.05, 0) is 69.1 Å². The summed E-state index contributed by atoms with van der Waals surface area (Å²) in [5, 5.41) is 12.5. The smallest absolute Gasteiger partial charge is 0.309 e. The van der Waals surface area contributed by atoms with Crippen LogP contribution in [0.15, 0.2) is 30.0 Å². The van der Waals surface area contributed by atoms with E-state index < -0.39 is 0 Å². The number of piperidine rings is 1. The second kappa shape index (κ2) is 10.3. The highest BCUT2D eigenvalue weighted by molar-refractivity contribution is 5.97.